The topological polar surface area (TPSA) is 32.3 Å². The van der Waals surface area contributed by atoms with Gasteiger partial charge in [-0.05, 0) is 60.5 Å². The molecule has 1 fully saturated rings. The maximum absolute atomic E-state index is 10.1. The van der Waals surface area contributed by atoms with E-state index in [1.165, 1.54) is 24.0 Å². The first-order valence-electron chi connectivity index (χ1n) is 6.47. The van der Waals surface area contributed by atoms with Crippen LogP contribution in [0.25, 0.3) is 0 Å². The SMILES string of the molecule is Cc1cc(O)c(C(C)(C)C)cc1C1CCCN1. The van der Waals surface area contributed by atoms with Crippen molar-refractivity contribution in [2.75, 3.05) is 6.54 Å². The average Bonchev–Trinajstić information content (AvgIpc) is 2.68. The van der Waals surface area contributed by atoms with Gasteiger partial charge >= 0.3 is 0 Å². The Balaban J connectivity index is 2.45. The van der Waals surface area contributed by atoms with Crippen molar-refractivity contribution in [2.24, 2.45) is 0 Å². The van der Waals surface area contributed by atoms with Gasteiger partial charge in [-0.3, -0.25) is 0 Å². The highest BCUT2D eigenvalue weighted by Gasteiger charge is 2.23. The van der Waals surface area contributed by atoms with E-state index in [0.29, 0.717) is 11.8 Å². The molecule has 0 radical (unpaired) electrons. The molecule has 2 nitrogen and oxygen atoms in total. The molecule has 1 unspecified atom stereocenters. The molecule has 1 aromatic carbocycles. The largest absolute Gasteiger partial charge is 0.508 e. The first-order valence-corrected chi connectivity index (χ1v) is 6.47. The highest BCUT2D eigenvalue weighted by molar-refractivity contribution is 5.46. The Hall–Kier alpha value is -1.02. The van der Waals surface area contributed by atoms with Gasteiger partial charge in [0.15, 0.2) is 0 Å². The third-order valence-corrected chi connectivity index (χ3v) is 3.63. The summed E-state index contributed by atoms with van der Waals surface area (Å²) in [5, 5.41) is 13.6. The van der Waals surface area contributed by atoms with E-state index < -0.39 is 0 Å². The van der Waals surface area contributed by atoms with Crippen molar-refractivity contribution >= 4 is 0 Å². The summed E-state index contributed by atoms with van der Waals surface area (Å²) in [5.41, 5.74) is 3.58. The molecular formula is C15H23NO. The van der Waals surface area contributed by atoms with Crippen LogP contribution in [0.2, 0.25) is 0 Å². The Morgan fingerprint density at radius 2 is 2.00 bits per heavy atom. The minimum atomic E-state index is -0.00879. The van der Waals surface area contributed by atoms with E-state index >= 15 is 0 Å². The van der Waals surface area contributed by atoms with Crippen molar-refractivity contribution in [3.05, 3.63) is 28.8 Å². The van der Waals surface area contributed by atoms with Gasteiger partial charge in [-0.25, -0.2) is 0 Å². The van der Waals surface area contributed by atoms with Crippen LogP contribution < -0.4 is 5.32 Å². The van der Waals surface area contributed by atoms with Crippen molar-refractivity contribution in [1.82, 2.24) is 5.32 Å². The van der Waals surface area contributed by atoms with Crippen molar-refractivity contribution in [1.29, 1.82) is 0 Å². The fourth-order valence-electron chi connectivity index (χ4n) is 2.64. The Morgan fingerprint density at radius 3 is 2.53 bits per heavy atom. The first-order chi connectivity index (χ1) is 7.89. The number of aromatic hydroxyl groups is 1. The van der Waals surface area contributed by atoms with E-state index in [0.717, 1.165) is 12.1 Å². The van der Waals surface area contributed by atoms with Crippen molar-refractivity contribution in [3.63, 3.8) is 0 Å². The molecule has 1 aliphatic heterocycles. The molecule has 1 saturated heterocycles. The zero-order chi connectivity index (χ0) is 12.6. The van der Waals surface area contributed by atoms with E-state index in [9.17, 15) is 5.11 Å². The average molecular weight is 233 g/mol. The smallest absolute Gasteiger partial charge is 0.119 e. The third-order valence-electron chi connectivity index (χ3n) is 3.63. The van der Waals surface area contributed by atoms with Crippen LogP contribution in [0.15, 0.2) is 12.1 Å². The Bertz CT molecular complexity index is 412. The third kappa shape index (κ3) is 2.47. The minimum absolute atomic E-state index is 0.00879. The molecule has 0 spiro atoms. The lowest BCUT2D eigenvalue weighted by molar-refractivity contribution is 0.445. The molecule has 1 aliphatic rings. The van der Waals surface area contributed by atoms with Crippen LogP contribution in [-0.4, -0.2) is 11.7 Å². The number of aryl methyl sites for hydroxylation is 1. The number of nitrogens with one attached hydrogen (secondary N) is 1. The number of benzene rings is 1. The molecule has 0 aromatic heterocycles. The predicted molar refractivity (Wildman–Crippen MR) is 71.5 cm³/mol. The fourth-order valence-corrected chi connectivity index (χ4v) is 2.64. The lowest BCUT2D eigenvalue weighted by Gasteiger charge is -2.24. The number of rotatable bonds is 1. The van der Waals surface area contributed by atoms with Gasteiger partial charge in [0.05, 0.1) is 0 Å². The van der Waals surface area contributed by atoms with Crippen molar-refractivity contribution in [3.8, 4) is 5.75 Å². The molecule has 0 saturated carbocycles. The van der Waals surface area contributed by atoms with Crippen molar-refractivity contribution < 1.29 is 5.11 Å². The fraction of sp³-hybridized carbons (Fsp3) is 0.600. The van der Waals surface area contributed by atoms with Gasteiger partial charge in [0.2, 0.25) is 0 Å². The predicted octanol–water partition coefficient (Wildman–Crippen LogP) is 3.42. The zero-order valence-corrected chi connectivity index (χ0v) is 11.3. The van der Waals surface area contributed by atoms with E-state index in [1.807, 2.05) is 6.07 Å². The number of phenolic OH excluding ortho intramolecular Hbond substituents is 1. The molecule has 2 N–H and O–H groups in total. The zero-order valence-electron chi connectivity index (χ0n) is 11.3. The second kappa shape index (κ2) is 4.34. The molecule has 2 rings (SSSR count). The maximum Gasteiger partial charge on any atom is 0.119 e. The molecule has 1 atom stereocenters. The quantitative estimate of drug-likeness (QED) is 0.779. The van der Waals surface area contributed by atoms with Crippen LogP contribution in [0.1, 0.15) is 56.3 Å². The molecule has 1 aromatic rings. The van der Waals surface area contributed by atoms with Crippen LogP contribution >= 0.6 is 0 Å². The van der Waals surface area contributed by atoms with Gasteiger partial charge in [0.25, 0.3) is 0 Å². The minimum Gasteiger partial charge on any atom is -0.508 e. The van der Waals surface area contributed by atoms with Gasteiger partial charge in [0, 0.05) is 6.04 Å². The molecule has 17 heavy (non-hydrogen) atoms. The molecule has 0 aliphatic carbocycles. The maximum atomic E-state index is 10.1. The molecule has 0 bridgehead atoms. The van der Waals surface area contributed by atoms with Gasteiger partial charge in [-0.2, -0.15) is 0 Å². The Kier molecular flexibility index (Phi) is 3.17. The summed E-state index contributed by atoms with van der Waals surface area (Å²) in [6, 6.07) is 4.57. The van der Waals surface area contributed by atoms with Crippen molar-refractivity contribution in [2.45, 2.75) is 52.0 Å². The molecule has 94 valence electrons. The summed E-state index contributed by atoms with van der Waals surface area (Å²) < 4.78 is 0. The Labute approximate surface area is 104 Å². The number of hydrogen-bond donors (Lipinski definition) is 2. The van der Waals surface area contributed by atoms with Crippen LogP contribution in [0.3, 0.4) is 0 Å². The second-order valence-corrected chi connectivity index (χ2v) is 6.12. The monoisotopic (exact) mass is 233 g/mol. The van der Waals surface area contributed by atoms with E-state index in [4.69, 9.17) is 0 Å². The summed E-state index contributed by atoms with van der Waals surface area (Å²) in [6.45, 7) is 9.62. The highest BCUT2D eigenvalue weighted by atomic mass is 16.3. The molecular weight excluding hydrogens is 210 g/mol. The van der Waals surface area contributed by atoms with E-state index in [-0.39, 0.29) is 5.41 Å². The van der Waals surface area contributed by atoms with Gasteiger partial charge < -0.3 is 10.4 Å². The standard InChI is InChI=1S/C15H23NO/c1-10-8-14(17)12(15(2,3)4)9-11(10)13-6-5-7-16-13/h8-9,13,16-17H,5-7H2,1-4H3. The summed E-state index contributed by atoms with van der Waals surface area (Å²) >= 11 is 0. The summed E-state index contributed by atoms with van der Waals surface area (Å²) in [6.07, 6.45) is 2.45. The molecule has 2 heteroatoms. The van der Waals surface area contributed by atoms with E-state index in [1.54, 1.807) is 0 Å². The highest BCUT2D eigenvalue weighted by Crippen LogP contribution is 2.36. The van der Waals surface area contributed by atoms with E-state index in [2.05, 4.69) is 39.1 Å². The van der Waals surface area contributed by atoms with Crippen LogP contribution in [-0.2, 0) is 5.41 Å². The van der Waals surface area contributed by atoms with Gasteiger partial charge in [-0.15, -0.1) is 0 Å². The molecule has 1 heterocycles. The van der Waals surface area contributed by atoms with Gasteiger partial charge in [0.1, 0.15) is 5.75 Å². The normalized spacial score (nSPS) is 20.8. The van der Waals surface area contributed by atoms with Gasteiger partial charge in [-0.1, -0.05) is 20.8 Å². The number of hydrogen-bond acceptors (Lipinski definition) is 2. The molecule has 0 amide bonds. The van der Waals surface area contributed by atoms with Crippen LogP contribution in [0.4, 0.5) is 0 Å². The second-order valence-electron chi connectivity index (χ2n) is 6.12. The lowest BCUT2D eigenvalue weighted by atomic mass is 9.83. The van der Waals surface area contributed by atoms with Crippen LogP contribution in [0.5, 0.6) is 5.75 Å². The summed E-state index contributed by atoms with van der Waals surface area (Å²) in [7, 11) is 0. The summed E-state index contributed by atoms with van der Waals surface area (Å²) in [5.74, 6) is 0.428. The number of phenols is 1. The Morgan fingerprint density at radius 1 is 1.29 bits per heavy atom. The summed E-state index contributed by atoms with van der Waals surface area (Å²) in [4.78, 5) is 0. The lowest BCUT2D eigenvalue weighted by Crippen LogP contribution is -2.17. The van der Waals surface area contributed by atoms with Crippen LogP contribution in [0, 0.1) is 6.92 Å². The first kappa shape index (κ1) is 12.4.